The molecular formula is C17H26ClN5O3. The molecule has 144 valence electrons. The van der Waals surface area contributed by atoms with Crippen LogP contribution >= 0.6 is 11.6 Å². The van der Waals surface area contributed by atoms with Crippen molar-refractivity contribution in [2.24, 2.45) is 14.1 Å². The molecule has 2 rings (SSSR count). The second-order valence-electron chi connectivity index (χ2n) is 6.66. The maximum absolute atomic E-state index is 12.4. The molecule has 0 unspecified atom stereocenters. The molecule has 0 aromatic carbocycles. The summed E-state index contributed by atoms with van der Waals surface area (Å²) >= 11 is 6.12. The SMILES string of the molecule is CCCCCC[C@H](C)NC(=O)Cn1c(Cl)nc2c1c(=O)n(C)c(=O)n2C. The summed E-state index contributed by atoms with van der Waals surface area (Å²) in [6.45, 7) is 3.99. The molecule has 8 nitrogen and oxygen atoms in total. The maximum atomic E-state index is 12.4. The quantitative estimate of drug-likeness (QED) is 0.553. The van der Waals surface area contributed by atoms with E-state index in [9.17, 15) is 14.4 Å². The monoisotopic (exact) mass is 383 g/mol. The highest BCUT2D eigenvalue weighted by Crippen LogP contribution is 2.15. The predicted molar refractivity (Wildman–Crippen MR) is 102 cm³/mol. The topological polar surface area (TPSA) is 90.9 Å². The van der Waals surface area contributed by atoms with Crippen molar-refractivity contribution in [2.75, 3.05) is 0 Å². The van der Waals surface area contributed by atoms with Crippen LogP contribution in [0.5, 0.6) is 0 Å². The molecule has 2 aromatic rings. The molecule has 2 heterocycles. The molecule has 1 atom stereocenters. The van der Waals surface area contributed by atoms with Crippen molar-refractivity contribution >= 4 is 28.7 Å². The number of amides is 1. The number of unbranched alkanes of at least 4 members (excludes halogenated alkanes) is 3. The Bertz CT molecular complexity index is 912. The highest BCUT2D eigenvalue weighted by Gasteiger charge is 2.20. The zero-order valence-corrected chi connectivity index (χ0v) is 16.5. The van der Waals surface area contributed by atoms with Gasteiger partial charge in [-0.15, -0.1) is 0 Å². The Hall–Kier alpha value is -2.09. The number of nitrogens with zero attached hydrogens (tertiary/aromatic N) is 4. The fourth-order valence-corrected chi connectivity index (χ4v) is 3.20. The van der Waals surface area contributed by atoms with Gasteiger partial charge in [0.1, 0.15) is 6.54 Å². The minimum absolute atomic E-state index is 0.00375. The van der Waals surface area contributed by atoms with Crippen molar-refractivity contribution in [3.63, 3.8) is 0 Å². The van der Waals surface area contributed by atoms with E-state index in [0.29, 0.717) is 0 Å². The smallest absolute Gasteiger partial charge is 0.332 e. The van der Waals surface area contributed by atoms with Crippen molar-refractivity contribution in [2.45, 2.75) is 58.5 Å². The number of imidazole rings is 1. The fourth-order valence-electron chi connectivity index (χ4n) is 2.98. The third kappa shape index (κ3) is 4.17. The normalized spacial score (nSPS) is 12.5. The van der Waals surface area contributed by atoms with Crippen molar-refractivity contribution in [3.8, 4) is 0 Å². The second-order valence-corrected chi connectivity index (χ2v) is 7.00. The first kappa shape index (κ1) is 20.2. The molecule has 0 saturated carbocycles. The van der Waals surface area contributed by atoms with Crippen LogP contribution in [0.1, 0.15) is 46.0 Å². The van der Waals surface area contributed by atoms with E-state index in [1.807, 2.05) is 6.92 Å². The summed E-state index contributed by atoms with van der Waals surface area (Å²) in [5, 5.41) is 2.93. The number of hydrogen-bond donors (Lipinski definition) is 1. The molecule has 0 radical (unpaired) electrons. The zero-order valence-electron chi connectivity index (χ0n) is 15.7. The van der Waals surface area contributed by atoms with Gasteiger partial charge in [0.25, 0.3) is 5.56 Å². The van der Waals surface area contributed by atoms with Crippen LogP contribution in [-0.4, -0.2) is 30.6 Å². The van der Waals surface area contributed by atoms with Gasteiger partial charge in [0, 0.05) is 20.1 Å². The van der Waals surface area contributed by atoms with Gasteiger partial charge < -0.3 is 5.32 Å². The second kappa shape index (κ2) is 8.53. The summed E-state index contributed by atoms with van der Waals surface area (Å²) in [7, 11) is 2.89. The van der Waals surface area contributed by atoms with Crippen molar-refractivity contribution in [1.29, 1.82) is 0 Å². The van der Waals surface area contributed by atoms with E-state index in [1.165, 1.54) is 36.1 Å². The van der Waals surface area contributed by atoms with E-state index in [1.54, 1.807) is 0 Å². The number of aryl methyl sites for hydroxylation is 1. The summed E-state index contributed by atoms with van der Waals surface area (Å²) in [5.41, 5.74) is -0.703. The lowest BCUT2D eigenvalue weighted by atomic mass is 10.1. The van der Waals surface area contributed by atoms with Gasteiger partial charge >= 0.3 is 5.69 Å². The lowest BCUT2D eigenvalue weighted by molar-refractivity contribution is -0.122. The zero-order chi connectivity index (χ0) is 19.4. The van der Waals surface area contributed by atoms with E-state index in [-0.39, 0.29) is 34.9 Å². The Morgan fingerprint density at radius 2 is 1.88 bits per heavy atom. The first-order valence-corrected chi connectivity index (χ1v) is 9.26. The number of carbonyl (C=O) groups is 1. The van der Waals surface area contributed by atoms with E-state index in [0.717, 1.165) is 23.8 Å². The molecule has 0 spiro atoms. The summed E-state index contributed by atoms with van der Waals surface area (Å²) < 4.78 is 3.57. The molecule has 0 aliphatic rings. The van der Waals surface area contributed by atoms with Crippen LogP contribution in [0.25, 0.3) is 11.2 Å². The highest BCUT2D eigenvalue weighted by atomic mass is 35.5. The Labute approximate surface area is 156 Å². The molecule has 0 bridgehead atoms. The van der Waals surface area contributed by atoms with Gasteiger partial charge in [0.15, 0.2) is 11.2 Å². The van der Waals surface area contributed by atoms with Crippen molar-refractivity contribution in [3.05, 3.63) is 26.1 Å². The van der Waals surface area contributed by atoms with Crippen LogP contribution in [0.4, 0.5) is 0 Å². The lowest BCUT2D eigenvalue weighted by Gasteiger charge is -2.14. The van der Waals surface area contributed by atoms with Gasteiger partial charge in [-0.3, -0.25) is 23.3 Å². The molecule has 0 fully saturated rings. The molecule has 9 heteroatoms. The van der Waals surface area contributed by atoms with Crippen molar-refractivity contribution < 1.29 is 4.79 Å². The van der Waals surface area contributed by atoms with Crippen LogP contribution in [0, 0.1) is 0 Å². The van der Waals surface area contributed by atoms with Gasteiger partial charge in [-0.1, -0.05) is 32.6 Å². The molecule has 1 amide bonds. The summed E-state index contributed by atoms with van der Waals surface area (Å²) in [4.78, 5) is 40.9. The lowest BCUT2D eigenvalue weighted by Crippen LogP contribution is -2.39. The summed E-state index contributed by atoms with van der Waals surface area (Å²) in [6, 6.07) is 0.0418. The number of halogens is 1. The maximum Gasteiger partial charge on any atom is 0.332 e. The Morgan fingerprint density at radius 1 is 1.19 bits per heavy atom. The van der Waals surface area contributed by atoms with E-state index in [4.69, 9.17) is 11.6 Å². The average Bonchev–Trinajstić information content (AvgIpc) is 2.91. The van der Waals surface area contributed by atoms with Gasteiger partial charge in [-0.25, -0.2) is 4.79 Å². The Balaban J connectivity index is 2.18. The van der Waals surface area contributed by atoms with E-state index < -0.39 is 11.2 Å². The third-order valence-electron chi connectivity index (χ3n) is 4.50. The summed E-state index contributed by atoms with van der Waals surface area (Å²) in [6.07, 6.45) is 5.48. The van der Waals surface area contributed by atoms with E-state index >= 15 is 0 Å². The Kier molecular flexibility index (Phi) is 6.63. The molecule has 0 saturated heterocycles. The minimum atomic E-state index is -0.525. The highest BCUT2D eigenvalue weighted by molar-refractivity contribution is 6.29. The number of aromatic nitrogens is 4. The first-order chi connectivity index (χ1) is 12.3. The number of carbonyl (C=O) groups excluding carboxylic acids is 1. The molecule has 1 N–H and O–H groups in total. The number of hydrogen-bond acceptors (Lipinski definition) is 4. The number of rotatable bonds is 8. The first-order valence-electron chi connectivity index (χ1n) is 8.89. The minimum Gasteiger partial charge on any atom is -0.352 e. The van der Waals surface area contributed by atoms with Crippen LogP contribution in [0.2, 0.25) is 5.28 Å². The van der Waals surface area contributed by atoms with Crippen LogP contribution in [0.15, 0.2) is 9.59 Å². The molecule has 0 aliphatic carbocycles. The van der Waals surface area contributed by atoms with E-state index in [2.05, 4.69) is 17.2 Å². The Morgan fingerprint density at radius 3 is 2.54 bits per heavy atom. The molecular weight excluding hydrogens is 358 g/mol. The van der Waals surface area contributed by atoms with Crippen LogP contribution in [-0.2, 0) is 25.4 Å². The average molecular weight is 384 g/mol. The third-order valence-corrected chi connectivity index (χ3v) is 4.79. The fraction of sp³-hybridized carbons (Fsp3) is 0.647. The number of nitrogens with one attached hydrogen (secondary N) is 1. The van der Waals surface area contributed by atoms with Gasteiger partial charge in [0.2, 0.25) is 11.2 Å². The molecule has 0 aliphatic heterocycles. The largest absolute Gasteiger partial charge is 0.352 e. The van der Waals surface area contributed by atoms with Crippen LogP contribution in [0.3, 0.4) is 0 Å². The van der Waals surface area contributed by atoms with Gasteiger partial charge in [-0.2, -0.15) is 4.98 Å². The molecule has 2 aromatic heterocycles. The summed E-state index contributed by atoms with van der Waals surface area (Å²) in [5.74, 6) is -0.245. The van der Waals surface area contributed by atoms with Gasteiger partial charge in [0.05, 0.1) is 0 Å². The number of fused-ring (bicyclic) bond motifs is 1. The van der Waals surface area contributed by atoms with Gasteiger partial charge in [-0.05, 0) is 24.9 Å². The standard InChI is InChI=1S/C17H26ClN5O3/c1-5-6-7-8-9-11(2)19-12(24)10-23-13-14(20-16(23)18)21(3)17(26)22(4)15(13)25/h11H,5-10H2,1-4H3,(H,19,24)/t11-/m0/s1. The van der Waals surface area contributed by atoms with Crippen molar-refractivity contribution in [1.82, 2.24) is 24.0 Å². The van der Waals surface area contributed by atoms with Crippen LogP contribution < -0.4 is 16.6 Å². The predicted octanol–water partition coefficient (Wildman–Crippen LogP) is 1.56. The molecule has 26 heavy (non-hydrogen) atoms.